The highest BCUT2D eigenvalue weighted by Crippen LogP contribution is 2.37. The molecule has 0 unspecified atom stereocenters. The quantitative estimate of drug-likeness (QED) is 0.419. The zero-order chi connectivity index (χ0) is 23.8. The van der Waals surface area contributed by atoms with Crippen LogP contribution in [-0.4, -0.2) is 58.9 Å². The molecule has 0 bridgehead atoms. The molecule has 1 aliphatic heterocycles. The third kappa shape index (κ3) is 4.42. The van der Waals surface area contributed by atoms with E-state index in [0.29, 0.717) is 36.6 Å². The first-order valence-corrected chi connectivity index (χ1v) is 11.8. The van der Waals surface area contributed by atoms with Crippen molar-refractivity contribution in [3.8, 4) is 11.3 Å². The molecule has 9 heteroatoms. The number of fused-ring (bicyclic) bond motifs is 1. The number of methoxy groups -OCH3 is 1. The minimum atomic E-state index is -0.366. The van der Waals surface area contributed by atoms with E-state index in [9.17, 15) is 4.79 Å². The fourth-order valence-electron chi connectivity index (χ4n) is 4.34. The molecule has 1 aliphatic carbocycles. The van der Waals surface area contributed by atoms with E-state index in [0.717, 1.165) is 41.1 Å². The van der Waals surface area contributed by atoms with Crippen molar-refractivity contribution < 1.29 is 14.3 Å². The highest BCUT2D eigenvalue weighted by Gasteiger charge is 2.25. The molecule has 9 nitrogen and oxygen atoms in total. The molecule has 0 spiro atoms. The van der Waals surface area contributed by atoms with Gasteiger partial charge in [0.2, 0.25) is 5.95 Å². The highest BCUT2D eigenvalue weighted by molar-refractivity contribution is 5.89. The molecule has 2 aromatic carbocycles. The SMILES string of the molecule is COC(=O)c1ccc(Nc2cc(-c3ccc4c(c3)ncn4C3CC3)nc(N3CCOCC3)n2)cc1. The topological polar surface area (TPSA) is 94.4 Å². The third-order valence-electron chi connectivity index (χ3n) is 6.40. The van der Waals surface area contributed by atoms with Crippen LogP contribution in [0.3, 0.4) is 0 Å². The molecule has 0 atom stereocenters. The van der Waals surface area contributed by atoms with Crippen LogP contribution in [0.25, 0.3) is 22.3 Å². The lowest BCUT2D eigenvalue weighted by Gasteiger charge is -2.27. The molecule has 2 aliphatic rings. The summed E-state index contributed by atoms with van der Waals surface area (Å²) in [4.78, 5) is 28.2. The number of ether oxygens (including phenoxy) is 2. The summed E-state index contributed by atoms with van der Waals surface area (Å²) in [5, 5.41) is 3.36. The van der Waals surface area contributed by atoms with E-state index in [1.807, 2.05) is 24.5 Å². The number of benzene rings is 2. The molecule has 4 aromatic rings. The lowest BCUT2D eigenvalue weighted by atomic mass is 10.1. The predicted molar refractivity (Wildman–Crippen MR) is 133 cm³/mol. The number of morpholine rings is 1. The Labute approximate surface area is 202 Å². The molecule has 3 heterocycles. The number of aromatic nitrogens is 4. The molecule has 0 radical (unpaired) electrons. The lowest BCUT2D eigenvalue weighted by molar-refractivity contribution is 0.0600. The van der Waals surface area contributed by atoms with Crippen LogP contribution in [0.1, 0.15) is 29.2 Å². The number of imidazole rings is 1. The summed E-state index contributed by atoms with van der Waals surface area (Å²) < 4.78 is 12.6. The van der Waals surface area contributed by atoms with E-state index in [-0.39, 0.29) is 5.97 Å². The first kappa shape index (κ1) is 21.5. The van der Waals surface area contributed by atoms with Gasteiger partial charge in [-0.1, -0.05) is 6.07 Å². The van der Waals surface area contributed by atoms with E-state index in [4.69, 9.17) is 19.4 Å². The van der Waals surface area contributed by atoms with Gasteiger partial charge in [-0.15, -0.1) is 0 Å². The number of hydrogen-bond acceptors (Lipinski definition) is 8. The van der Waals surface area contributed by atoms with Crippen molar-refractivity contribution in [3.63, 3.8) is 0 Å². The van der Waals surface area contributed by atoms with Crippen LogP contribution >= 0.6 is 0 Å². The Morgan fingerprint density at radius 2 is 1.86 bits per heavy atom. The van der Waals surface area contributed by atoms with Crippen LogP contribution in [0.2, 0.25) is 0 Å². The standard InChI is InChI=1S/C26H26N6O3/c1-34-25(33)17-2-5-19(6-3-17)28-24-15-21(29-26(30-24)31-10-12-35-13-11-31)18-4-9-23-22(14-18)27-16-32(23)20-7-8-20/h2-6,9,14-16,20H,7-8,10-13H2,1H3,(H,28,29,30). The summed E-state index contributed by atoms with van der Waals surface area (Å²) in [5.41, 5.74) is 5.23. The molecular weight excluding hydrogens is 444 g/mol. The number of carbonyl (C=O) groups is 1. The van der Waals surface area contributed by atoms with Gasteiger partial charge in [0.05, 0.1) is 48.9 Å². The monoisotopic (exact) mass is 470 g/mol. The number of hydrogen-bond donors (Lipinski definition) is 1. The summed E-state index contributed by atoms with van der Waals surface area (Å²) in [6.45, 7) is 2.77. The van der Waals surface area contributed by atoms with Gasteiger partial charge < -0.3 is 24.3 Å². The van der Waals surface area contributed by atoms with Gasteiger partial charge in [0.1, 0.15) is 5.82 Å². The van der Waals surface area contributed by atoms with Gasteiger partial charge in [-0.25, -0.2) is 14.8 Å². The van der Waals surface area contributed by atoms with Crippen molar-refractivity contribution in [3.05, 3.63) is 60.4 Å². The summed E-state index contributed by atoms with van der Waals surface area (Å²) >= 11 is 0. The number of carbonyl (C=O) groups excluding carboxylic acids is 1. The van der Waals surface area contributed by atoms with Crippen LogP contribution in [0.15, 0.2) is 54.9 Å². The Kier molecular flexibility index (Phi) is 5.54. The van der Waals surface area contributed by atoms with Crippen LogP contribution < -0.4 is 10.2 Å². The van der Waals surface area contributed by atoms with Crippen molar-refractivity contribution in [2.24, 2.45) is 0 Å². The number of nitrogens with zero attached hydrogens (tertiary/aromatic N) is 5. The van der Waals surface area contributed by atoms with Gasteiger partial charge in [0, 0.05) is 36.4 Å². The number of nitrogens with one attached hydrogen (secondary N) is 1. The molecule has 35 heavy (non-hydrogen) atoms. The Bertz CT molecular complexity index is 1370. The maximum absolute atomic E-state index is 11.8. The van der Waals surface area contributed by atoms with Crippen molar-refractivity contribution in [1.82, 2.24) is 19.5 Å². The fourth-order valence-corrected chi connectivity index (χ4v) is 4.34. The Hall–Kier alpha value is -3.98. The second kappa shape index (κ2) is 8.99. The van der Waals surface area contributed by atoms with Gasteiger partial charge in [-0.05, 0) is 49.2 Å². The van der Waals surface area contributed by atoms with E-state index < -0.39 is 0 Å². The zero-order valence-electron chi connectivity index (χ0n) is 19.5. The first-order chi connectivity index (χ1) is 17.2. The highest BCUT2D eigenvalue weighted by atomic mass is 16.5. The molecule has 1 saturated heterocycles. The van der Waals surface area contributed by atoms with E-state index in [1.54, 1.807) is 12.1 Å². The van der Waals surface area contributed by atoms with Crippen molar-refractivity contribution in [1.29, 1.82) is 0 Å². The van der Waals surface area contributed by atoms with Gasteiger partial charge in [-0.2, -0.15) is 4.98 Å². The maximum Gasteiger partial charge on any atom is 0.337 e. The number of rotatable bonds is 6. The Balaban J connectivity index is 1.35. The molecule has 1 saturated carbocycles. The molecule has 178 valence electrons. The second-order valence-corrected chi connectivity index (χ2v) is 8.82. The van der Waals surface area contributed by atoms with Gasteiger partial charge in [0.25, 0.3) is 0 Å². The van der Waals surface area contributed by atoms with Crippen molar-refractivity contribution in [2.45, 2.75) is 18.9 Å². The minimum Gasteiger partial charge on any atom is -0.465 e. The van der Waals surface area contributed by atoms with Gasteiger partial charge >= 0.3 is 5.97 Å². The third-order valence-corrected chi connectivity index (χ3v) is 6.40. The first-order valence-electron chi connectivity index (χ1n) is 11.8. The van der Waals surface area contributed by atoms with E-state index in [1.165, 1.54) is 20.0 Å². The average Bonchev–Trinajstić information content (AvgIpc) is 3.67. The summed E-state index contributed by atoms with van der Waals surface area (Å²) in [7, 11) is 1.37. The molecule has 2 aromatic heterocycles. The molecule has 1 N–H and O–H groups in total. The van der Waals surface area contributed by atoms with E-state index in [2.05, 4.69) is 38.0 Å². The maximum atomic E-state index is 11.8. The van der Waals surface area contributed by atoms with Gasteiger partial charge in [0.15, 0.2) is 0 Å². The summed E-state index contributed by atoms with van der Waals surface area (Å²) in [6.07, 6.45) is 4.38. The smallest absolute Gasteiger partial charge is 0.337 e. The molecule has 6 rings (SSSR count). The van der Waals surface area contributed by atoms with Crippen molar-refractivity contribution >= 4 is 34.5 Å². The average molecular weight is 471 g/mol. The Morgan fingerprint density at radius 3 is 2.60 bits per heavy atom. The summed E-state index contributed by atoms with van der Waals surface area (Å²) in [6, 6.07) is 16.0. The summed E-state index contributed by atoms with van der Waals surface area (Å²) in [5.74, 6) is 0.962. The fraction of sp³-hybridized carbons (Fsp3) is 0.308. The number of esters is 1. The van der Waals surface area contributed by atoms with Gasteiger partial charge in [-0.3, -0.25) is 0 Å². The Morgan fingerprint density at radius 1 is 1.06 bits per heavy atom. The number of anilines is 3. The predicted octanol–water partition coefficient (Wildman–Crippen LogP) is 4.20. The van der Waals surface area contributed by atoms with Crippen LogP contribution in [0.5, 0.6) is 0 Å². The van der Waals surface area contributed by atoms with Crippen LogP contribution in [-0.2, 0) is 9.47 Å². The second-order valence-electron chi connectivity index (χ2n) is 8.82. The van der Waals surface area contributed by atoms with E-state index >= 15 is 0 Å². The molecular formula is C26H26N6O3. The normalized spacial score (nSPS) is 15.9. The van der Waals surface area contributed by atoms with Crippen LogP contribution in [0.4, 0.5) is 17.5 Å². The molecule has 0 amide bonds. The largest absolute Gasteiger partial charge is 0.465 e. The zero-order valence-corrected chi connectivity index (χ0v) is 19.5. The van der Waals surface area contributed by atoms with Crippen LogP contribution in [0, 0.1) is 0 Å². The molecule has 2 fully saturated rings. The minimum absolute atomic E-state index is 0.366. The van der Waals surface area contributed by atoms with Crippen molar-refractivity contribution in [2.75, 3.05) is 43.6 Å². The lowest BCUT2D eigenvalue weighted by Crippen LogP contribution is -2.37.